The number of carboxylic acid groups (broad SMARTS) is 1. The monoisotopic (exact) mass is 477 g/mol. The lowest BCUT2D eigenvalue weighted by Gasteiger charge is -2.28. The largest absolute Gasteiger partial charge is 0.480 e. The molecule has 0 aliphatic heterocycles. The van der Waals surface area contributed by atoms with Gasteiger partial charge in [-0.3, -0.25) is 14.6 Å². The summed E-state index contributed by atoms with van der Waals surface area (Å²) in [6.45, 7) is 1.42. The molecule has 0 aliphatic rings. The number of hydrogen-bond donors (Lipinski definition) is 3. The van der Waals surface area contributed by atoms with Crippen LogP contribution in [0.4, 0.5) is 0 Å². The molecule has 1 aromatic heterocycles. The molecule has 0 fully saturated rings. The Morgan fingerprint density at radius 1 is 1.09 bits per heavy atom. The van der Waals surface area contributed by atoms with Crippen LogP contribution in [0.25, 0.3) is 11.1 Å². The molecule has 0 saturated carbocycles. The Morgan fingerprint density at radius 3 is 2.41 bits per heavy atom. The lowest BCUT2D eigenvalue weighted by Crippen LogP contribution is -2.45. The number of carbonyl (C=O) groups is 3. The number of thioether (sulfide) groups is 1. The summed E-state index contributed by atoms with van der Waals surface area (Å²) in [5, 5.41) is 12.2. The zero-order valence-corrected chi connectivity index (χ0v) is 19.8. The number of nitrogens with zero attached hydrogens (tertiary/aromatic N) is 1. The molecule has 1 heterocycles. The lowest BCUT2D eigenvalue weighted by atomic mass is 9.79. The van der Waals surface area contributed by atoms with Crippen molar-refractivity contribution in [3.63, 3.8) is 0 Å². The number of pyridine rings is 1. The lowest BCUT2D eigenvalue weighted by molar-refractivity contribution is -0.139. The second-order valence-corrected chi connectivity index (χ2v) is 8.86. The van der Waals surface area contributed by atoms with Crippen LogP contribution < -0.4 is 11.1 Å². The molecule has 3 rings (SSSR count). The van der Waals surface area contributed by atoms with Gasteiger partial charge in [-0.25, -0.2) is 4.79 Å². The second-order valence-electron chi connectivity index (χ2n) is 7.88. The molecule has 34 heavy (non-hydrogen) atoms. The maximum Gasteiger partial charge on any atom is 0.326 e. The molecule has 2 aromatic carbocycles. The first-order chi connectivity index (χ1) is 16.3. The van der Waals surface area contributed by atoms with E-state index in [1.165, 1.54) is 18.7 Å². The topological polar surface area (TPSA) is 122 Å². The highest BCUT2D eigenvalue weighted by atomic mass is 32.2. The first kappa shape index (κ1) is 25.1. The number of amides is 1. The van der Waals surface area contributed by atoms with E-state index in [1.807, 2.05) is 36.6 Å². The third-order valence-corrected chi connectivity index (χ3v) is 6.33. The molecule has 0 spiro atoms. The number of Topliss-reactive ketones (excluding diaryl/α,β-unsaturated/α-hetero) is 1. The van der Waals surface area contributed by atoms with Crippen molar-refractivity contribution in [3.8, 4) is 11.1 Å². The van der Waals surface area contributed by atoms with E-state index in [2.05, 4.69) is 10.3 Å². The van der Waals surface area contributed by atoms with Crippen molar-refractivity contribution < 1.29 is 19.5 Å². The van der Waals surface area contributed by atoms with Crippen LogP contribution >= 0.6 is 11.8 Å². The minimum Gasteiger partial charge on any atom is -0.480 e. The van der Waals surface area contributed by atoms with Crippen LogP contribution in [0.2, 0.25) is 0 Å². The Kier molecular flexibility index (Phi) is 8.20. The first-order valence-electron chi connectivity index (χ1n) is 10.7. The standard InChI is InChI=1S/C26H27N3O4S/c1-17(30)26(27,20-9-6-13-28-16-20)19-10-11-21(22(15-19)18-7-4-3-5-8-18)24(31)29-23(25(32)33)12-14-34-2/h3-11,13,15-16,23H,12,14,27H2,1-2H3,(H,29,31)(H,32,33). The third kappa shape index (κ3) is 5.35. The highest BCUT2D eigenvalue weighted by Crippen LogP contribution is 2.33. The number of carbonyl (C=O) groups excluding carboxylic acids is 2. The van der Waals surface area contributed by atoms with Crippen LogP contribution in [0.5, 0.6) is 0 Å². The molecule has 8 heteroatoms. The number of nitrogens with one attached hydrogen (secondary N) is 1. The van der Waals surface area contributed by atoms with Gasteiger partial charge in [0.2, 0.25) is 0 Å². The van der Waals surface area contributed by atoms with E-state index >= 15 is 0 Å². The second kappa shape index (κ2) is 11.1. The molecule has 0 radical (unpaired) electrons. The number of aromatic nitrogens is 1. The van der Waals surface area contributed by atoms with Gasteiger partial charge in [0.15, 0.2) is 5.78 Å². The van der Waals surface area contributed by atoms with Gasteiger partial charge in [-0.05, 0) is 60.2 Å². The number of nitrogens with two attached hydrogens (primary N) is 1. The van der Waals surface area contributed by atoms with Crippen LogP contribution in [0.1, 0.15) is 34.8 Å². The minimum absolute atomic E-state index is 0.278. The number of aliphatic carboxylic acids is 1. The normalized spacial score (nSPS) is 13.5. The summed E-state index contributed by atoms with van der Waals surface area (Å²) in [7, 11) is 0. The Labute approximate surface area is 202 Å². The zero-order chi connectivity index (χ0) is 24.7. The van der Waals surface area contributed by atoms with E-state index < -0.39 is 23.5 Å². The number of carboxylic acids is 1. The summed E-state index contributed by atoms with van der Waals surface area (Å²) in [6.07, 6.45) is 5.33. The van der Waals surface area contributed by atoms with E-state index in [4.69, 9.17) is 5.73 Å². The van der Waals surface area contributed by atoms with Gasteiger partial charge in [0.25, 0.3) is 5.91 Å². The van der Waals surface area contributed by atoms with E-state index in [1.54, 1.807) is 42.7 Å². The Balaban J connectivity index is 2.11. The van der Waals surface area contributed by atoms with Crippen molar-refractivity contribution >= 4 is 29.4 Å². The average molecular weight is 478 g/mol. The van der Waals surface area contributed by atoms with Gasteiger partial charge in [-0.1, -0.05) is 42.5 Å². The predicted octanol–water partition coefficient (Wildman–Crippen LogP) is 3.48. The van der Waals surface area contributed by atoms with Crippen molar-refractivity contribution in [2.45, 2.75) is 24.9 Å². The minimum atomic E-state index is -1.46. The number of benzene rings is 2. The van der Waals surface area contributed by atoms with Gasteiger partial charge in [-0.15, -0.1) is 0 Å². The Hall–Kier alpha value is -3.49. The molecule has 2 unspecified atom stereocenters. The highest BCUT2D eigenvalue weighted by molar-refractivity contribution is 7.98. The van der Waals surface area contributed by atoms with Gasteiger partial charge in [-0.2, -0.15) is 11.8 Å². The fourth-order valence-electron chi connectivity index (χ4n) is 3.74. The molecule has 0 bridgehead atoms. The maximum atomic E-state index is 13.2. The van der Waals surface area contributed by atoms with Crippen molar-refractivity contribution in [2.75, 3.05) is 12.0 Å². The fraction of sp³-hybridized carbons (Fsp3) is 0.231. The summed E-state index contributed by atoms with van der Waals surface area (Å²) in [4.78, 5) is 41.7. The Morgan fingerprint density at radius 2 is 1.82 bits per heavy atom. The van der Waals surface area contributed by atoms with Crippen LogP contribution in [-0.4, -0.2) is 45.8 Å². The number of ketones is 1. The molecular formula is C26H27N3O4S. The maximum absolute atomic E-state index is 13.2. The average Bonchev–Trinajstić information content (AvgIpc) is 2.86. The van der Waals surface area contributed by atoms with Crippen LogP contribution in [0.15, 0.2) is 73.1 Å². The van der Waals surface area contributed by atoms with Crippen LogP contribution in [-0.2, 0) is 15.1 Å². The third-order valence-electron chi connectivity index (χ3n) is 5.69. The first-order valence-corrected chi connectivity index (χ1v) is 12.1. The van der Waals surface area contributed by atoms with Crippen LogP contribution in [0, 0.1) is 0 Å². The fourth-order valence-corrected chi connectivity index (χ4v) is 4.21. The van der Waals surface area contributed by atoms with E-state index in [0.29, 0.717) is 34.4 Å². The summed E-state index contributed by atoms with van der Waals surface area (Å²) in [5.41, 5.74) is 7.81. The van der Waals surface area contributed by atoms with Crippen molar-refractivity contribution in [2.24, 2.45) is 5.73 Å². The van der Waals surface area contributed by atoms with Crippen molar-refractivity contribution in [1.82, 2.24) is 10.3 Å². The van der Waals surface area contributed by atoms with Gasteiger partial charge in [0.05, 0.1) is 0 Å². The Bertz CT molecular complexity index is 1170. The summed E-state index contributed by atoms with van der Waals surface area (Å²) in [6, 6.07) is 16.6. The van der Waals surface area contributed by atoms with Gasteiger partial charge < -0.3 is 16.2 Å². The molecule has 176 valence electrons. The summed E-state index contributed by atoms with van der Waals surface area (Å²) < 4.78 is 0. The molecule has 0 aliphatic carbocycles. The SMILES string of the molecule is CSCCC(NC(=O)c1ccc(C(N)(C(C)=O)c2cccnc2)cc1-c1ccccc1)C(=O)O. The van der Waals surface area contributed by atoms with Crippen molar-refractivity contribution in [1.29, 1.82) is 0 Å². The summed E-state index contributed by atoms with van der Waals surface area (Å²) in [5.74, 6) is -1.28. The molecular weight excluding hydrogens is 450 g/mol. The smallest absolute Gasteiger partial charge is 0.326 e. The van der Waals surface area contributed by atoms with E-state index in [0.717, 1.165) is 5.56 Å². The molecule has 7 nitrogen and oxygen atoms in total. The molecule has 2 atom stereocenters. The van der Waals surface area contributed by atoms with Gasteiger partial charge >= 0.3 is 5.97 Å². The van der Waals surface area contributed by atoms with Gasteiger partial charge in [0.1, 0.15) is 11.6 Å². The molecule has 1 amide bonds. The number of rotatable bonds is 10. The quantitative estimate of drug-likeness (QED) is 0.409. The molecule has 0 saturated heterocycles. The number of hydrogen-bond acceptors (Lipinski definition) is 6. The van der Waals surface area contributed by atoms with E-state index in [9.17, 15) is 19.5 Å². The molecule has 4 N–H and O–H groups in total. The highest BCUT2D eigenvalue weighted by Gasteiger charge is 2.36. The zero-order valence-electron chi connectivity index (χ0n) is 19.0. The molecule has 3 aromatic rings. The summed E-state index contributed by atoms with van der Waals surface area (Å²) >= 11 is 1.51. The predicted molar refractivity (Wildman–Crippen MR) is 134 cm³/mol. The van der Waals surface area contributed by atoms with Crippen LogP contribution in [0.3, 0.4) is 0 Å². The van der Waals surface area contributed by atoms with E-state index in [-0.39, 0.29) is 5.78 Å². The van der Waals surface area contributed by atoms with Crippen molar-refractivity contribution in [3.05, 3.63) is 89.7 Å². The van der Waals surface area contributed by atoms with Gasteiger partial charge in [0, 0.05) is 23.5 Å².